The number of amides is 3. The maximum atomic E-state index is 12.7. The summed E-state index contributed by atoms with van der Waals surface area (Å²) in [5.74, 6) is -1.27. The molecule has 0 radical (unpaired) electrons. The molecule has 1 aliphatic rings. The van der Waals surface area contributed by atoms with Gasteiger partial charge >= 0.3 is 0 Å². The highest BCUT2D eigenvalue weighted by molar-refractivity contribution is 6.21. The first kappa shape index (κ1) is 15.9. The number of hydrogen-bond acceptors (Lipinski definition) is 4. The monoisotopic (exact) mass is 324 g/mol. The maximum absolute atomic E-state index is 12.7. The zero-order valence-corrected chi connectivity index (χ0v) is 12.8. The van der Waals surface area contributed by atoms with Gasteiger partial charge in [-0.2, -0.15) is 0 Å². The first-order valence-electron chi connectivity index (χ1n) is 7.53. The third kappa shape index (κ3) is 2.79. The molecule has 0 saturated heterocycles. The average Bonchev–Trinajstić information content (AvgIpc) is 2.86. The van der Waals surface area contributed by atoms with Crippen molar-refractivity contribution in [1.82, 2.24) is 10.2 Å². The van der Waals surface area contributed by atoms with E-state index in [0.29, 0.717) is 16.7 Å². The van der Waals surface area contributed by atoms with Gasteiger partial charge in [0.05, 0.1) is 23.6 Å². The number of nitrogens with zero attached hydrogens (tertiary/aromatic N) is 1. The largest absolute Gasteiger partial charge is 0.377 e. The van der Waals surface area contributed by atoms with Crippen LogP contribution in [0.15, 0.2) is 54.6 Å². The Morgan fingerprint density at radius 1 is 0.958 bits per heavy atom. The van der Waals surface area contributed by atoms with Gasteiger partial charge in [0.15, 0.2) is 0 Å². The van der Waals surface area contributed by atoms with E-state index in [1.807, 2.05) is 6.07 Å². The van der Waals surface area contributed by atoms with E-state index >= 15 is 0 Å². The molecule has 0 saturated carbocycles. The van der Waals surface area contributed by atoms with Crippen molar-refractivity contribution >= 4 is 17.7 Å². The molecule has 1 atom stereocenters. The Hall–Kier alpha value is -2.99. The number of benzene rings is 2. The number of aliphatic hydroxyl groups is 1. The Kier molecular flexibility index (Phi) is 4.39. The van der Waals surface area contributed by atoms with Crippen LogP contribution >= 0.6 is 0 Å². The third-order valence-electron chi connectivity index (χ3n) is 3.98. The van der Waals surface area contributed by atoms with E-state index < -0.39 is 30.5 Å². The van der Waals surface area contributed by atoms with Crippen LogP contribution in [0.2, 0.25) is 0 Å². The SMILES string of the molecule is O=C(CC(c1ccccc1)N1C(=O)c2ccccc2C1=O)NCO. The fraction of sp³-hybridized carbons (Fsp3) is 0.167. The van der Waals surface area contributed by atoms with E-state index in [4.69, 9.17) is 5.11 Å². The number of fused-ring (bicyclic) bond motifs is 1. The molecule has 0 spiro atoms. The topological polar surface area (TPSA) is 86.7 Å². The summed E-state index contributed by atoms with van der Waals surface area (Å²) in [6, 6.07) is 14.8. The zero-order chi connectivity index (χ0) is 17.1. The lowest BCUT2D eigenvalue weighted by molar-refractivity contribution is -0.123. The first-order chi connectivity index (χ1) is 11.6. The lowest BCUT2D eigenvalue weighted by Crippen LogP contribution is -2.37. The highest BCUT2D eigenvalue weighted by Crippen LogP contribution is 2.33. The van der Waals surface area contributed by atoms with Crippen molar-refractivity contribution in [2.24, 2.45) is 0 Å². The average molecular weight is 324 g/mol. The van der Waals surface area contributed by atoms with Crippen molar-refractivity contribution in [2.75, 3.05) is 6.73 Å². The van der Waals surface area contributed by atoms with E-state index in [1.165, 1.54) is 0 Å². The molecule has 0 aromatic heterocycles. The molecule has 2 N–H and O–H groups in total. The van der Waals surface area contributed by atoms with Gasteiger partial charge in [0.1, 0.15) is 6.73 Å². The van der Waals surface area contributed by atoms with Crippen LogP contribution in [-0.2, 0) is 4.79 Å². The zero-order valence-electron chi connectivity index (χ0n) is 12.8. The van der Waals surface area contributed by atoms with Crippen LogP contribution in [0, 0.1) is 0 Å². The molecule has 0 fully saturated rings. The van der Waals surface area contributed by atoms with Crippen LogP contribution in [0.25, 0.3) is 0 Å². The summed E-state index contributed by atoms with van der Waals surface area (Å²) in [6.07, 6.45) is -0.115. The Morgan fingerprint density at radius 3 is 2.04 bits per heavy atom. The van der Waals surface area contributed by atoms with Crippen molar-refractivity contribution < 1.29 is 19.5 Å². The van der Waals surface area contributed by atoms with Crippen LogP contribution in [-0.4, -0.2) is 34.5 Å². The molecule has 6 nitrogen and oxygen atoms in total. The summed E-state index contributed by atoms with van der Waals surface area (Å²) in [7, 11) is 0. The molecular weight excluding hydrogens is 308 g/mol. The van der Waals surface area contributed by atoms with Crippen molar-refractivity contribution in [1.29, 1.82) is 0 Å². The molecule has 122 valence electrons. The Labute approximate surface area is 138 Å². The quantitative estimate of drug-likeness (QED) is 0.644. The lowest BCUT2D eigenvalue weighted by Gasteiger charge is -2.26. The fourth-order valence-electron chi connectivity index (χ4n) is 2.86. The van der Waals surface area contributed by atoms with E-state index in [9.17, 15) is 14.4 Å². The summed E-state index contributed by atoms with van der Waals surface area (Å²) >= 11 is 0. The highest BCUT2D eigenvalue weighted by atomic mass is 16.3. The van der Waals surface area contributed by atoms with Gasteiger partial charge in [-0.3, -0.25) is 19.3 Å². The molecule has 1 heterocycles. The Bertz CT molecular complexity index is 754. The molecule has 3 amide bonds. The molecule has 24 heavy (non-hydrogen) atoms. The molecule has 3 rings (SSSR count). The summed E-state index contributed by atoms with van der Waals surface area (Å²) in [6.45, 7) is -0.498. The van der Waals surface area contributed by atoms with Gasteiger partial charge in [0.2, 0.25) is 5.91 Å². The van der Waals surface area contributed by atoms with Crippen molar-refractivity contribution in [2.45, 2.75) is 12.5 Å². The minimum absolute atomic E-state index is 0.115. The third-order valence-corrected chi connectivity index (χ3v) is 3.98. The molecule has 2 aromatic carbocycles. The normalized spacial score (nSPS) is 14.5. The van der Waals surface area contributed by atoms with E-state index in [2.05, 4.69) is 5.32 Å². The van der Waals surface area contributed by atoms with Crippen LogP contribution in [0.5, 0.6) is 0 Å². The number of nitrogens with one attached hydrogen (secondary N) is 1. The van der Waals surface area contributed by atoms with Gasteiger partial charge in [-0.1, -0.05) is 42.5 Å². The van der Waals surface area contributed by atoms with E-state index in [-0.39, 0.29) is 6.42 Å². The minimum atomic E-state index is -0.731. The standard InChI is InChI=1S/C18H16N2O4/c21-11-19-16(22)10-15(12-6-2-1-3-7-12)20-17(23)13-8-4-5-9-14(13)18(20)24/h1-9,15,21H,10-11H2,(H,19,22). The predicted octanol–water partition coefficient (Wildman–Crippen LogP) is 1.48. The summed E-state index contributed by atoms with van der Waals surface area (Å²) in [5.41, 5.74) is 1.36. The second kappa shape index (κ2) is 6.64. The number of imide groups is 1. The predicted molar refractivity (Wildman–Crippen MR) is 86.0 cm³/mol. The number of carbonyl (C=O) groups is 3. The summed E-state index contributed by atoms with van der Waals surface area (Å²) in [5, 5.41) is 11.1. The number of aliphatic hydroxyl groups excluding tert-OH is 1. The molecule has 6 heteroatoms. The second-order valence-corrected chi connectivity index (χ2v) is 5.41. The minimum Gasteiger partial charge on any atom is -0.377 e. The molecule has 1 aliphatic heterocycles. The molecule has 0 aliphatic carbocycles. The van der Waals surface area contributed by atoms with Gasteiger partial charge in [-0.15, -0.1) is 0 Å². The smallest absolute Gasteiger partial charge is 0.262 e. The number of hydrogen-bond donors (Lipinski definition) is 2. The lowest BCUT2D eigenvalue weighted by atomic mass is 10.0. The van der Waals surface area contributed by atoms with Gasteiger partial charge in [0, 0.05) is 0 Å². The number of carbonyl (C=O) groups excluding carboxylic acids is 3. The van der Waals surface area contributed by atoms with Crippen LogP contribution in [0.3, 0.4) is 0 Å². The van der Waals surface area contributed by atoms with Crippen molar-refractivity contribution in [3.63, 3.8) is 0 Å². The van der Waals surface area contributed by atoms with Crippen LogP contribution in [0.4, 0.5) is 0 Å². The molecular formula is C18H16N2O4. The Balaban J connectivity index is 1.99. The fourth-order valence-corrected chi connectivity index (χ4v) is 2.86. The van der Waals surface area contributed by atoms with Crippen LogP contribution < -0.4 is 5.32 Å². The maximum Gasteiger partial charge on any atom is 0.262 e. The van der Waals surface area contributed by atoms with Crippen molar-refractivity contribution in [3.05, 3.63) is 71.3 Å². The van der Waals surface area contributed by atoms with E-state index in [1.54, 1.807) is 48.5 Å². The van der Waals surface area contributed by atoms with Crippen LogP contribution in [0.1, 0.15) is 38.7 Å². The van der Waals surface area contributed by atoms with Gasteiger partial charge in [-0.25, -0.2) is 0 Å². The van der Waals surface area contributed by atoms with E-state index in [0.717, 1.165) is 4.90 Å². The second-order valence-electron chi connectivity index (χ2n) is 5.41. The Morgan fingerprint density at radius 2 is 1.50 bits per heavy atom. The molecule has 0 bridgehead atoms. The molecule has 1 unspecified atom stereocenters. The first-order valence-corrected chi connectivity index (χ1v) is 7.53. The van der Waals surface area contributed by atoms with Crippen molar-refractivity contribution in [3.8, 4) is 0 Å². The van der Waals surface area contributed by atoms with Gasteiger partial charge < -0.3 is 10.4 Å². The highest BCUT2D eigenvalue weighted by Gasteiger charge is 2.40. The van der Waals surface area contributed by atoms with Gasteiger partial charge in [-0.05, 0) is 17.7 Å². The molecule has 2 aromatic rings. The van der Waals surface area contributed by atoms with Gasteiger partial charge in [0.25, 0.3) is 11.8 Å². The number of rotatable bonds is 5. The summed E-state index contributed by atoms with van der Waals surface area (Å²) in [4.78, 5) is 38.4. The summed E-state index contributed by atoms with van der Waals surface area (Å²) < 4.78 is 0.